The number of nitrogens with one attached hydrogen (secondary N) is 1. The van der Waals surface area contributed by atoms with Crippen LogP contribution in [0, 0.1) is 0 Å². The van der Waals surface area contributed by atoms with E-state index < -0.39 is 0 Å². The number of nitrogens with zero attached hydrogens (tertiary/aromatic N) is 3. The van der Waals surface area contributed by atoms with Crippen molar-refractivity contribution in [2.75, 3.05) is 42.9 Å². The van der Waals surface area contributed by atoms with Gasteiger partial charge in [0.15, 0.2) is 5.76 Å². The lowest BCUT2D eigenvalue weighted by molar-refractivity contribution is 0.0518. The third-order valence-corrected chi connectivity index (χ3v) is 6.57. The molecule has 0 unspecified atom stereocenters. The lowest BCUT2D eigenvalue weighted by atomic mass is 10.1. The molecule has 0 radical (unpaired) electrons. The van der Waals surface area contributed by atoms with Gasteiger partial charge in [-0.1, -0.05) is 18.2 Å². The maximum absolute atomic E-state index is 13.0. The largest absolute Gasteiger partial charge is 0.459 e. The van der Waals surface area contributed by atoms with E-state index in [0.717, 1.165) is 24.9 Å². The van der Waals surface area contributed by atoms with Gasteiger partial charge in [-0.2, -0.15) is 0 Å². The fourth-order valence-corrected chi connectivity index (χ4v) is 4.64. The molecule has 180 valence electrons. The summed E-state index contributed by atoms with van der Waals surface area (Å²) in [5.41, 5.74) is 3.34. The predicted molar refractivity (Wildman–Crippen MR) is 133 cm³/mol. The molecule has 0 atom stereocenters. The molecule has 4 amide bonds. The third kappa shape index (κ3) is 4.91. The number of urea groups is 1. The van der Waals surface area contributed by atoms with Gasteiger partial charge in [-0.3, -0.25) is 14.5 Å². The summed E-state index contributed by atoms with van der Waals surface area (Å²) in [4.78, 5) is 43.7. The van der Waals surface area contributed by atoms with Crippen LogP contribution in [0.2, 0.25) is 0 Å². The van der Waals surface area contributed by atoms with Crippen LogP contribution < -0.4 is 10.2 Å². The molecule has 8 nitrogen and oxygen atoms in total. The van der Waals surface area contributed by atoms with Crippen LogP contribution in [0.15, 0.2) is 71.3 Å². The molecule has 0 spiro atoms. The van der Waals surface area contributed by atoms with Crippen molar-refractivity contribution >= 4 is 29.2 Å². The van der Waals surface area contributed by atoms with Crippen molar-refractivity contribution in [1.29, 1.82) is 0 Å². The number of piperazine rings is 1. The van der Waals surface area contributed by atoms with Gasteiger partial charge in [0.05, 0.1) is 6.26 Å². The van der Waals surface area contributed by atoms with Gasteiger partial charge in [0.2, 0.25) is 0 Å². The Morgan fingerprint density at radius 2 is 1.46 bits per heavy atom. The summed E-state index contributed by atoms with van der Waals surface area (Å²) < 4.78 is 5.19. The van der Waals surface area contributed by atoms with E-state index in [1.54, 1.807) is 51.1 Å². The highest BCUT2D eigenvalue weighted by Gasteiger charge is 2.27. The quantitative estimate of drug-likeness (QED) is 0.617. The fraction of sp³-hybridized carbons (Fsp3) is 0.296. The smallest absolute Gasteiger partial charge is 0.326 e. The lowest BCUT2D eigenvalue weighted by Crippen LogP contribution is -2.50. The molecular formula is C27H28N4O4. The zero-order chi connectivity index (χ0) is 24.2. The molecule has 8 heteroatoms. The summed E-state index contributed by atoms with van der Waals surface area (Å²) in [7, 11) is 0. The number of amides is 4. The molecule has 3 heterocycles. The van der Waals surface area contributed by atoms with Gasteiger partial charge in [-0.05, 0) is 67.3 Å². The number of rotatable bonds is 3. The zero-order valence-corrected chi connectivity index (χ0v) is 19.5. The highest BCUT2D eigenvalue weighted by Crippen LogP contribution is 2.27. The molecule has 0 aliphatic carbocycles. The second kappa shape index (κ2) is 10.0. The molecule has 2 aliphatic rings. The van der Waals surface area contributed by atoms with Crippen LogP contribution >= 0.6 is 0 Å². The topological polar surface area (TPSA) is 86.1 Å². The molecule has 1 aromatic heterocycles. The van der Waals surface area contributed by atoms with Crippen molar-refractivity contribution < 1.29 is 18.8 Å². The van der Waals surface area contributed by atoms with Gasteiger partial charge >= 0.3 is 6.03 Å². The number of carbonyl (C=O) groups is 3. The van der Waals surface area contributed by atoms with E-state index in [4.69, 9.17) is 4.42 Å². The fourth-order valence-electron chi connectivity index (χ4n) is 4.64. The van der Waals surface area contributed by atoms with Gasteiger partial charge in [0.1, 0.15) is 0 Å². The van der Waals surface area contributed by atoms with Crippen molar-refractivity contribution in [3.8, 4) is 0 Å². The van der Waals surface area contributed by atoms with Gasteiger partial charge in [-0.15, -0.1) is 0 Å². The zero-order valence-electron chi connectivity index (χ0n) is 19.5. The standard InChI is InChI=1S/C27H28N4O4/c32-25(29-15-17-30(18-16-29)26(33)24-9-5-19-35-24)21-10-12-22(13-11-21)28-27(34)31-14-4-3-7-20-6-1-2-8-23(20)31/h1-2,5-6,8-13,19H,3-4,7,14-18H2,(H,28,34). The molecule has 2 aromatic carbocycles. The van der Waals surface area contributed by atoms with Crippen LogP contribution in [0.3, 0.4) is 0 Å². The Kier molecular flexibility index (Phi) is 6.52. The Morgan fingerprint density at radius 1 is 0.743 bits per heavy atom. The van der Waals surface area contributed by atoms with Gasteiger partial charge < -0.3 is 19.5 Å². The normalized spacial score (nSPS) is 15.8. The van der Waals surface area contributed by atoms with Crippen LogP contribution in [0.5, 0.6) is 0 Å². The van der Waals surface area contributed by atoms with Crippen molar-refractivity contribution in [3.05, 3.63) is 83.8 Å². The molecule has 35 heavy (non-hydrogen) atoms. The average molecular weight is 473 g/mol. The van der Waals surface area contributed by atoms with Crippen molar-refractivity contribution in [1.82, 2.24) is 9.80 Å². The monoisotopic (exact) mass is 472 g/mol. The van der Waals surface area contributed by atoms with Crippen LogP contribution in [-0.2, 0) is 6.42 Å². The van der Waals surface area contributed by atoms with E-state index in [-0.39, 0.29) is 17.8 Å². The van der Waals surface area contributed by atoms with Crippen LogP contribution in [-0.4, -0.2) is 60.4 Å². The Labute approximate surface area is 204 Å². The van der Waals surface area contributed by atoms with Crippen molar-refractivity contribution in [2.24, 2.45) is 0 Å². The minimum Gasteiger partial charge on any atom is -0.459 e. The summed E-state index contributed by atoms with van der Waals surface area (Å²) in [5.74, 6) is 0.0646. The van der Waals surface area contributed by atoms with Crippen molar-refractivity contribution in [2.45, 2.75) is 19.3 Å². The highest BCUT2D eigenvalue weighted by molar-refractivity contribution is 6.03. The summed E-state index contributed by atoms with van der Waals surface area (Å²) in [6, 6.07) is 18.2. The molecule has 3 aromatic rings. The number of carbonyl (C=O) groups excluding carboxylic acids is 3. The first kappa shape index (κ1) is 22.7. The van der Waals surface area contributed by atoms with Crippen molar-refractivity contribution in [3.63, 3.8) is 0 Å². The van der Waals surface area contributed by atoms with E-state index in [1.165, 1.54) is 11.8 Å². The maximum atomic E-state index is 13.0. The number of para-hydroxylation sites is 1. The number of benzene rings is 2. The van der Waals surface area contributed by atoms with E-state index in [1.807, 2.05) is 18.2 Å². The molecule has 1 fully saturated rings. The van der Waals surface area contributed by atoms with Crippen LogP contribution in [0.1, 0.15) is 39.3 Å². The summed E-state index contributed by atoms with van der Waals surface area (Å²) >= 11 is 0. The Morgan fingerprint density at radius 3 is 2.17 bits per heavy atom. The van der Waals surface area contributed by atoms with Gasteiger partial charge in [0, 0.05) is 49.7 Å². The Bertz CT molecular complexity index is 1200. The summed E-state index contributed by atoms with van der Waals surface area (Å²) in [6.45, 7) is 2.50. The maximum Gasteiger partial charge on any atom is 0.326 e. The second-order valence-electron chi connectivity index (χ2n) is 8.81. The Balaban J connectivity index is 1.18. The molecule has 0 bridgehead atoms. The van der Waals surface area contributed by atoms with E-state index in [0.29, 0.717) is 49.7 Å². The molecule has 5 rings (SSSR count). The number of hydrogen-bond donors (Lipinski definition) is 1. The number of hydrogen-bond acceptors (Lipinski definition) is 4. The highest BCUT2D eigenvalue weighted by atomic mass is 16.3. The molecular weight excluding hydrogens is 444 g/mol. The molecule has 1 N–H and O–H groups in total. The molecule has 2 aliphatic heterocycles. The summed E-state index contributed by atoms with van der Waals surface area (Å²) in [6.07, 6.45) is 4.47. The van der Waals surface area contributed by atoms with Crippen LogP contribution in [0.25, 0.3) is 0 Å². The molecule has 0 saturated carbocycles. The van der Waals surface area contributed by atoms with Crippen LogP contribution in [0.4, 0.5) is 16.2 Å². The third-order valence-electron chi connectivity index (χ3n) is 6.57. The number of anilines is 2. The minimum absolute atomic E-state index is 0.0885. The number of furan rings is 1. The molecule has 1 saturated heterocycles. The van der Waals surface area contributed by atoms with Gasteiger partial charge in [0.25, 0.3) is 11.8 Å². The first-order chi connectivity index (χ1) is 17.1. The first-order valence-electron chi connectivity index (χ1n) is 12.0. The SMILES string of the molecule is O=C(c1ccc(NC(=O)N2CCCCc3ccccc32)cc1)N1CCN(C(=O)c2ccco2)CC1. The van der Waals surface area contributed by atoms with E-state index in [2.05, 4.69) is 11.4 Å². The number of aryl methyl sites for hydroxylation is 1. The number of fused-ring (bicyclic) bond motifs is 1. The van der Waals surface area contributed by atoms with E-state index in [9.17, 15) is 14.4 Å². The minimum atomic E-state index is -0.171. The first-order valence-corrected chi connectivity index (χ1v) is 12.0. The predicted octanol–water partition coefficient (Wildman–Crippen LogP) is 4.25. The average Bonchev–Trinajstić information content (AvgIpc) is 3.35. The van der Waals surface area contributed by atoms with E-state index >= 15 is 0 Å². The second-order valence-corrected chi connectivity index (χ2v) is 8.81. The Hall–Kier alpha value is -4.07. The lowest BCUT2D eigenvalue weighted by Gasteiger charge is -2.34. The van der Waals surface area contributed by atoms with Gasteiger partial charge in [-0.25, -0.2) is 4.79 Å². The summed E-state index contributed by atoms with van der Waals surface area (Å²) in [5, 5.41) is 2.97.